The predicted molar refractivity (Wildman–Crippen MR) is 100 cm³/mol. The van der Waals surface area contributed by atoms with Crippen molar-refractivity contribution >= 4 is 28.8 Å². The number of carbonyl (C=O) groups is 2. The zero-order valence-electron chi connectivity index (χ0n) is 15.2. The van der Waals surface area contributed by atoms with E-state index >= 15 is 0 Å². The van der Waals surface area contributed by atoms with Gasteiger partial charge in [-0.1, -0.05) is 12.1 Å². The van der Waals surface area contributed by atoms with Gasteiger partial charge in [0.05, 0.1) is 29.8 Å². The molecule has 4 heterocycles. The standard InChI is InChI=1S/C19H22N6O2/c1-23-18(26)6-16(22-19(23)27)24-8-12-10-25(11-13(12)9-24)17-7-20-14-4-2-3-5-15(14)21-17/h2-5,7,12-13,16H,6,8-11H2,1H3,(H,22,27). The van der Waals surface area contributed by atoms with Crippen molar-refractivity contribution in [1.82, 2.24) is 25.1 Å². The average molecular weight is 366 g/mol. The van der Waals surface area contributed by atoms with Gasteiger partial charge in [-0.25, -0.2) is 9.78 Å². The number of likely N-dealkylation sites (tertiary alicyclic amines) is 1. The normalized spacial score (nSPS) is 28.7. The molecule has 3 atom stereocenters. The number of para-hydroxylation sites is 2. The minimum atomic E-state index is -0.304. The molecule has 2 aromatic rings. The highest BCUT2D eigenvalue weighted by Gasteiger charge is 2.44. The van der Waals surface area contributed by atoms with E-state index in [-0.39, 0.29) is 18.1 Å². The molecule has 1 aromatic carbocycles. The molecule has 140 valence electrons. The Labute approximate surface area is 157 Å². The van der Waals surface area contributed by atoms with Gasteiger partial charge in [0, 0.05) is 33.2 Å². The Morgan fingerprint density at radius 2 is 1.74 bits per heavy atom. The van der Waals surface area contributed by atoms with Gasteiger partial charge < -0.3 is 10.2 Å². The minimum Gasteiger partial charge on any atom is -0.355 e. The van der Waals surface area contributed by atoms with Crippen molar-refractivity contribution in [3.63, 3.8) is 0 Å². The van der Waals surface area contributed by atoms with E-state index in [1.54, 1.807) is 0 Å². The second-order valence-corrected chi connectivity index (χ2v) is 7.72. The van der Waals surface area contributed by atoms with Gasteiger partial charge in [-0.2, -0.15) is 0 Å². The zero-order chi connectivity index (χ0) is 18.5. The van der Waals surface area contributed by atoms with E-state index in [0.29, 0.717) is 18.3 Å². The van der Waals surface area contributed by atoms with Gasteiger partial charge in [-0.3, -0.25) is 19.6 Å². The number of imide groups is 1. The summed E-state index contributed by atoms with van der Waals surface area (Å²) in [6.45, 7) is 3.65. The van der Waals surface area contributed by atoms with Crippen LogP contribution in [-0.4, -0.2) is 71.1 Å². The molecule has 3 fully saturated rings. The molecule has 8 heteroatoms. The number of hydrogen-bond acceptors (Lipinski definition) is 6. The molecule has 0 spiro atoms. The van der Waals surface area contributed by atoms with Crippen LogP contribution in [0.4, 0.5) is 10.6 Å². The highest BCUT2D eigenvalue weighted by atomic mass is 16.2. The molecule has 1 aromatic heterocycles. The average Bonchev–Trinajstić information content (AvgIpc) is 3.24. The third kappa shape index (κ3) is 2.80. The van der Waals surface area contributed by atoms with Crippen LogP contribution in [0.15, 0.2) is 30.5 Å². The molecule has 0 saturated carbocycles. The van der Waals surface area contributed by atoms with Gasteiger partial charge in [-0.15, -0.1) is 0 Å². The molecule has 0 bridgehead atoms. The van der Waals surface area contributed by atoms with Crippen molar-refractivity contribution in [2.45, 2.75) is 12.6 Å². The van der Waals surface area contributed by atoms with Gasteiger partial charge in [-0.05, 0) is 24.0 Å². The summed E-state index contributed by atoms with van der Waals surface area (Å²) in [5.74, 6) is 1.85. The summed E-state index contributed by atoms with van der Waals surface area (Å²) < 4.78 is 0. The summed E-state index contributed by atoms with van der Waals surface area (Å²) in [6, 6.07) is 7.61. The Hall–Kier alpha value is -2.74. The summed E-state index contributed by atoms with van der Waals surface area (Å²) in [4.78, 5) is 38.9. The van der Waals surface area contributed by atoms with E-state index in [1.165, 1.54) is 7.05 Å². The largest absolute Gasteiger partial charge is 0.355 e. The van der Waals surface area contributed by atoms with Crippen molar-refractivity contribution in [3.8, 4) is 0 Å². The lowest BCUT2D eigenvalue weighted by atomic mass is 10.0. The molecule has 3 saturated heterocycles. The number of nitrogens with one attached hydrogen (secondary N) is 1. The maximum atomic E-state index is 12.0. The maximum absolute atomic E-state index is 12.0. The van der Waals surface area contributed by atoms with Crippen LogP contribution in [0.25, 0.3) is 11.0 Å². The molecule has 3 amide bonds. The number of fused-ring (bicyclic) bond motifs is 2. The second kappa shape index (κ2) is 6.16. The molecule has 3 aliphatic rings. The van der Waals surface area contributed by atoms with Crippen LogP contribution >= 0.6 is 0 Å². The van der Waals surface area contributed by atoms with Crippen molar-refractivity contribution in [2.24, 2.45) is 11.8 Å². The van der Waals surface area contributed by atoms with Crippen LogP contribution < -0.4 is 10.2 Å². The lowest BCUT2D eigenvalue weighted by molar-refractivity contribution is -0.130. The van der Waals surface area contributed by atoms with Crippen molar-refractivity contribution in [3.05, 3.63) is 30.5 Å². The molecule has 5 rings (SSSR count). The minimum absolute atomic E-state index is 0.117. The summed E-state index contributed by atoms with van der Waals surface area (Å²) in [5, 5.41) is 2.95. The Morgan fingerprint density at radius 1 is 1.04 bits per heavy atom. The smallest absolute Gasteiger partial charge is 0.325 e. The number of hydrogen-bond donors (Lipinski definition) is 1. The van der Waals surface area contributed by atoms with Gasteiger partial charge in [0.1, 0.15) is 5.82 Å². The molecule has 1 N–H and O–H groups in total. The Kier molecular flexibility index (Phi) is 3.75. The molecule has 0 aliphatic carbocycles. The van der Waals surface area contributed by atoms with Crippen molar-refractivity contribution < 1.29 is 9.59 Å². The maximum Gasteiger partial charge on any atom is 0.325 e. The molecule has 27 heavy (non-hydrogen) atoms. The number of amides is 3. The van der Waals surface area contributed by atoms with E-state index in [9.17, 15) is 9.59 Å². The Bertz CT molecular complexity index is 886. The lowest BCUT2D eigenvalue weighted by Gasteiger charge is -2.35. The zero-order valence-corrected chi connectivity index (χ0v) is 15.2. The fourth-order valence-electron chi connectivity index (χ4n) is 4.50. The fraction of sp³-hybridized carbons (Fsp3) is 0.474. The van der Waals surface area contributed by atoms with Crippen molar-refractivity contribution in [1.29, 1.82) is 0 Å². The molecule has 3 unspecified atom stereocenters. The fourth-order valence-corrected chi connectivity index (χ4v) is 4.50. The first kappa shape index (κ1) is 16.4. The van der Waals surface area contributed by atoms with Gasteiger partial charge >= 0.3 is 6.03 Å². The first-order valence-corrected chi connectivity index (χ1v) is 9.36. The van der Waals surface area contributed by atoms with Crippen molar-refractivity contribution in [2.75, 3.05) is 38.1 Å². The molecule has 0 radical (unpaired) electrons. The first-order chi connectivity index (χ1) is 13.1. The number of urea groups is 1. The third-order valence-corrected chi connectivity index (χ3v) is 6.05. The lowest BCUT2D eigenvalue weighted by Crippen LogP contribution is -2.59. The van der Waals surface area contributed by atoms with E-state index in [2.05, 4.69) is 20.1 Å². The molecular weight excluding hydrogens is 344 g/mol. The highest BCUT2D eigenvalue weighted by Crippen LogP contribution is 2.34. The summed E-state index contributed by atoms with van der Waals surface area (Å²) in [7, 11) is 1.52. The van der Waals surface area contributed by atoms with E-state index in [4.69, 9.17) is 4.98 Å². The number of nitrogens with zero attached hydrogens (tertiary/aromatic N) is 5. The number of rotatable bonds is 2. The predicted octanol–water partition coefficient (Wildman–Crippen LogP) is 0.896. The number of anilines is 1. The van der Waals surface area contributed by atoms with E-state index < -0.39 is 0 Å². The van der Waals surface area contributed by atoms with Crippen LogP contribution in [0.5, 0.6) is 0 Å². The van der Waals surface area contributed by atoms with Crippen LogP contribution in [0.3, 0.4) is 0 Å². The number of aromatic nitrogens is 2. The van der Waals surface area contributed by atoms with Gasteiger partial charge in [0.15, 0.2) is 0 Å². The second-order valence-electron chi connectivity index (χ2n) is 7.72. The van der Waals surface area contributed by atoms with Crippen LogP contribution in [-0.2, 0) is 4.79 Å². The number of carbonyl (C=O) groups excluding carboxylic acids is 2. The van der Waals surface area contributed by atoms with Gasteiger partial charge in [0.2, 0.25) is 5.91 Å². The van der Waals surface area contributed by atoms with Gasteiger partial charge in [0.25, 0.3) is 0 Å². The highest BCUT2D eigenvalue weighted by molar-refractivity contribution is 5.96. The Morgan fingerprint density at radius 3 is 2.44 bits per heavy atom. The topological polar surface area (TPSA) is 81.7 Å². The summed E-state index contributed by atoms with van der Waals surface area (Å²) in [5.41, 5.74) is 1.83. The SMILES string of the molecule is CN1C(=O)CC(N2CC3CN(c4cnc5ccccc5n4)CC3C2)NC1=O. The molecule has 3 aliphatic heterocycles. The molecule has 8 nitrogen and oxygen atoms in total. The van der Waals surface area contributed by atoms with E-state index in [0.717, 1.165) is 47.9 Å². The van der Waals surface area contributed by atoms with Crippen LogP contribution in [0, 0.1) is 11.8 Å². The third-order valence-electron chi connectivity index (χ3n) is 6.05. The quantitative estimate of drug-likeness (QED) is 0.850. The van der Waals surface area contributed by atoms with Crippen LogP contribution in [0.2, 0.25) is 0 Å². The number of benzene rings is 1. The monoisotopic (exact) mass is 366 g/mol. The summed E-state index contributed by atoms with van der Waals surface area (Å²) >= 11 is 0. The van der Waals surface area contributed by atoms with Crippen LogP contribution in [0.1, 0.15) is 6.42 Å². The van der Waals surface area contributed by atoms with E-state index in [1.807, 2.05) is 30.5 Å². The summed E-state index contributed by atoms with van der Waals surface area (Å²) in [6.07, 6.45) is 2.03. The first-order valence-electron chi connectivity index (χ1n) is 9.36. The Balaban J connectivity index is 1.26. The molecular formula is C19H22N6O2.